The van der Waals surface area contributed by atoms with Gasteiger partial charge in [-0.2, -0.15) is 0 Å². The Morgan fingerprint density at radius 1 is 1.20 bits per heavy atom. The van der Waals surface area contributed by atoms with Gasteiger partial charge in [0, 0.05) is 23.9 Å². The predicted molar refractivity (Wildman–Crippen MR) is 57.9 cm³/mol. The highest BCUT2D eigenvalue weighted by Gasteiger charge is 2.07. The lowest BCUT2D eigenvalue weighted by Gasteiger charge is -2.04. The molecule has 0 unspecified atom stereocenters. The summed E-state index contributed by atoms with van der Waals surface area (Å²) in [5, 5.41) is 10.4. The molecule has 15 heavy (non-hydrogen) atoms. The Hall–Kier alpha value is -2.04. The molecule has 1 aliphatic rings. The van der Waals surface area contributed by atoms with Crippen molar-refractivity contribution in [1.29, 1.82) is 0 Å². The van der Waals surface area contributed by atoms with E-state index in [0.717, 1.165) is 17.8 Å². The third-order valence-corrected chi connectivity index (χ3v) is 2.10. The Labute approximate surface area is 86.3 Å². The highest BCUT2D eigenvalue weighted by atomic mass is 16.6. The number of nitro groups is 1. The lowest BCUT2D eigenvalue weighted by atomic mass is 10.1. The van der Waals surface area contributed by atoms with Gasteiger partial charge < -0.3 is 0 Å². The summed E-state index contributed by atoms with van der Waals surface area (Å²) in [5.41, 5.74) is 1.74. The first kappa shape index (κ1) is 9.51. The minimum absolute atomic E-state index is 0.0899. The Kier molecular flexibility index (Phi) is 2.53. The molecule has 1 heterocycles. The number of nitro benzene ring substituents is 1. The normalized spacial score (nSPS) is 14.8. The maximum Gasteiger partial charge on any atom is 0.269 e. The second kappa shape index (κ2) is 4.00. The molecule has 1 aromatic rings. The van der Waals surface area contributed by atoms with Crippen molar-refractivity contribution in [1.82, 2.24) is 0 Å². The van der Waals surface area contributed by atoms with E-state index in [9.17, 15) is 10.1 Å². The highest BCUT2D eigenvalue weighted by molar-refractivity contribution is 6.38. The van der Waals surface area contributed by atoms with Gasteiger partial charge in [0.05, 0.1) is 23.7 Å². The molecule has 76 valence electrons. The van der Waals surface area contributed by atoms with Crippen molar-refractivity contribution in [3.05, 3.63) is 39.9 Å². The number of non-ortho nitro benzene ring substituents is 1. The van der Waals surface area contributed by atoms with E-state index in [0.29, 0.717) is 6.54 Å². The van der Waals surface area contributed by atoms with E-state index < -0.39 is 4.92 Å². The number of benzene rings is 1. The van der Waals surface area contributed by atoms with Crippen molar-refractivity contribution in [2.75, 3.05) is 13.1 Å². The molecule has 0 atom stereocenters. The first-order valence-corrected chi connectivity index (χ1v) is 4.56. The van der Waals surface area contributed by atoms with Crippen molar-refractivity contribution >= 4 is 17.6 Å². The van der Waals surface area contributed by atoms with Gasteiger partial charge in [-0.1, -0.05) is 0 Å². The zero-order valence-corrected chi connectivity index (χ0v) is 7.96. The smallest absolute Gasteiger partial charge is 0.269 e. The number of aliphatic imine (C=N–C) groups is 2. The van der Waals surface area contributed by atoms with E-state index in [4.69, 9.17) is 0 Å². The van der Waals surface area contributed by atoms with Gasteiger partial charge in [-0.3, -0.25) is 20.1 Å². The van der Waals surface area contributed by atoms with Crippen LogP contribution in [0.25, 0.3) is 0 Å². The average Bonchev–Trinajstić information content (AvgIpc) is 2.30. The van der Waals surface area contributed by atoms with E-state index in [-0.39, 0.29) is 5.69 Å². The fourth-order valence-electron chi connectivity index (χ4n) is 1.34. The standard InChI is InChI=1S/C10H9N3O2/c14-13(15)9-3-1-8(2-4-9)10-7-11-5-6-12-10/h1-4,7H,5-6H2. The molecule has 0 fully saturated rings. The summed E-state index contributed by atoms with van der Waals surface area (Å²) in [4.78, 5) is 18.4. The molecule has 5 heteroatoms. The van der Waals surface area contributed by atoms with Crippen molar-refractivity contribution < 1.29 is 4.92 Å². The van der Waals surface area contributed by atoms with Gasteiger partial charge in [-0.05, 0) is 12.1 Å². The Morgan fingerprint density at radius 2 is 1.93 bits per heavy atom. The van der Waals surface area contributed by atoms with Gasteiger partial charge in [0.2, 0.25) is 0 Å². The van der Waals surface area contributed by atoms with Gasteiger partial charge >= 0.3 is 0 Å². The van der Waals surface area contributed by atoms with Crippen LogP contribution in [0.2, 0.25) is 0 Å². The lowest BCUT2D eigenvalue weighted by Crippen LogP contribution is -2.10. The highest BCUT2D eigenvalue weighted by Crippen LogP contribution is 2.12. The van der Waals surface area contributed by atoms with Crippen LogP contribution in [0, 0.1) is 10.1 Å². The molecule has 0 N–H and O–H groups in total. The largest absolute Gasteiger partial charge is 0.289 e. The van der Waals surface area contributed by atoms with E-state index >= 15 is 0 Å². The SMILES string of the molecule is O=[N+]([O-])c1ccc(C2=NCCN=C2)cc1. The lowest BCUT2D eigenvalue weighted by molar-refractivity contribution is -0.384. The summed E-state index contributed by atoms with van der Waals surface area (Å²) in [6.07, 6.45) is 1.70. The molecule has 0 saturated carbocycles. The third-order valence-electron chi connectivity index (χ3n) is 2.10. The molecule has 0 spiro atoms. The van der Waals surface area contributed by atoms with Crippen molar-refractivity contribution in [2.45, 2.75) is 0 Å². The van der Waals surface area contributed by atoms with Crippen molar-refractivity contribution in [3.63, 3.8) is 0 Å². The second-order valence-corrected chi connectivity index (χ2v) is 3.11. The second-order valence-electron chi connectivity index (χ2n) is 3.11. The summed E-state index contributed by atoms with van der Waals surface area (Å²) < 4.78 is 0. The number of hydrogen-bond acceptors (Lipinski definition) is 4. The molecular formula is C10H9N3O2. The molecule has 2 rings (SSSR count). The summed E-state index contributed by atoms with van der Waals surface area (Å²) in [7, 11) is 0. The Balaban J connectivity index is 2.27. The molecule has 0 aromatic heterocycles. The summed E-state index contributed by atoms with van der Waals surface area (Å²) >= 11 is 0. The average molecular weight is 203 g/mol. The first-order valence-electron chi connectivity index (χ1n) is 4.56. The monoisotopic (exact) mass is 203 g/mol. The molecule has 0 amide bonds. The molecule has 0 bridgehead atoms. The van der Waals surface area contributed by atoms with Crippen LogP contribution in [0.5, 0.6) is 0 Å². The van der Waals surface area contributed by atoms with Crippen LogP contribution < -0.4 is 0 Å². The summed E-state index contributed by atoms with van der Waals surface area (Å²) in [5.74, 6) is 0. The van der Waals surface area contributed by atoms with Gasteiger partial charge in [-0.15, -0.1) is 0 Å². The number of rotatable bonds is 2. The zero-order chi connectivity index (χ0) is 10.7. The van der Waals surface area contributed by atoms with Crippen LogP contribution in [0.4, 0.5) is 5.69 Å². The van der Waals surface area contributed by atoms with Crippen LogP contribution in [-0.2, 0) is 0 Å². The van der Waals surface area contributed by atoms with Gasteiger partial charge in [0.15, 0.2) is 0 Å². The minimum Gasteiger partial charge on any atom is -0.289 e. The van der Waals surface area contributed by atoms with E-state index in [1.165, 1.54) is 12.1 Å². The van der Waals surface area contributed by atoms with Crippen LogP contribution in [0.15, 0.2) is 34.3 Å². The fraction of sp³-hybridized carbons (Fsp3) is 0.200. The first-order chi connectivity index (χ1) is 7.27. The topological polar surface area (TPSA) is 67.9 Å². The molecule has 5 nitrogen and oxygen atoms in total. The number of nitrogens with zero attached hydrogens (tertiary/aromatic N) is 3. The Bertz CT molecular complexity index is 434. The van der Waals surface area contributed by atoms with Gasteiger partial charge in [-0.25, -0.2) is 0 Å². The zero-order valence-electron chi connectivity index (χ0n) is 7.96. The molecular weight excluding hydrogens is 194 g/mol. The van der Waals surface area contributed by atoms with Crippen LogP contribution in [-0.4, -0.2) is 29.9 Å². The minimum atomic E-state index is -0.416. The molecule has 0 radical (unpaired) electrons. The van der Waals surface area contributed by atoms with E-state index in [2.05, 4.69) is 9.98 Å². The molecule has 0 aliphatic carbocycles. The maximum atomic E-state index is 10.4. The quantitative estimate of drug-likeness (QED) is 0.539. The predicted octanol–water partition coefficient (Wildman–Crippen LogP) is 1.47. The summed E-state index contributed by atoms with van der Waals surface area (Å²) in [6.45, 7) is 1.40. The number of hydrogen-bond donors (Lipinski definition) is 0. The van der Waals surface area contributed by atoms with E-state index in [1.54, 1.807) is 18.3 Å². The molecule has 1 aliphatic heterocycles. The van der Waals surface area contributed by atoms with Crippen molar-refractivity contribution in [3.8, 4) is 0 Å². The molecule has 1 aromatic carbocycles. The van der Waals surface area contributed by atoms with Crippen LogP contribution in [0.3, 0.4) is 0 Å². The van der Waals surface area contributed by atoms with Gasteiger partial charge in [0.25, 0.3) is 5.69 Å². The fourth-order valence-corrected chi connectivity index (χ4v) is 1.34. The molecule has 0 saturated heterocycles. The Morgan fingerprint density at radius 3 is 2.47 bits per heavy atom. The maximum absolute atomic E-state index is 10.4. The van der Waals surface area contributed by atoms with Crippen LogP contribution >= 0.6 is 0 Å². The van der Waals surface area contributed by atoms with Gasteiger partial charge in [0.1, 0.15) is 0 Å². The van der Waals surface area contributed by atoms with Crippen LogP contribution in [0.1, 0.15) is 5.56 Å². The van der Waals surface area contributed by atoms with E-state index in [1.807, 2.05) is 0 Å². The summed E-state index contributed by atoms with van der Waals surface area (Å²) in [6, 6.07) is 6.32. The third kappa shape index (κ3) is 2.07. The van der Waals surface area contributed by atoms with Crippen molar-refractivity contribution in [2.24, 2.45) is 9.98 Å².